The van der Waals surface area contributed by atoms with Gasteiger partial charge in [0, 0.05) is 25.6 Å². The number of benzene rings is 2. The van der Waals surface area contributed by atoms with Crippen molar-refractivity contribution < 1.29 is 4.79 Å². The van der Waals surface area contributed by atoms with Crippen LogP contribution in [-0.4, -0.2) is 15.5 Å². The third-order valence-corrected chi connectivity index (χ3v) is 6.67. The molecule has 0 unspecified atom stereocenters. The van der Waals surface area contributed by atoms with Crippen molar-refractivity contribution in [2.45, 2.75) is 19.9 Å². The first-order chi connectivity index (χ1) is 14.5. The first-order valence-corrected chi connectivity index (χ1v) is 11.3. The lowest BCUT2D eigenvalue weighted by atomic mass is 10.0. The fourth-order valence-electron chi connectivity index (χ4n) is 3.24. The van der Waals surface area contributed by atoms with Crippen LogP contribution in [0.5, 0.6) is 0 Å². The second-order valence-electron chi connectivity index (χ2n) is 6.67. The maximum absolute atomic E-state index is 13.3. The summed E-state index contributed by atoms with van der Waals surface area (Å²) in [6, 6.07) is 14.7. The summed E-state index contributed by atoms with van der Waals surface area (Å²) in [5.74, 6) is -0.309. The average molecular weight is 503 g/mol. The first-order valence-electron chi connectivity index (χ1n) is 9.28. The Morgan fingerprint density at radius 1 is 1.17 bits per heavy atom. The summed E-state index contributed by atoms with van der Waals surface area (Å²) in [5, 5.41) is 3.92. The highest BCUT2D eigenvalue weighted by atomic mass is 79.9. The van der Waals surface area contributed by atoms with Crippen LogP contribution in [0.1, 0.15) is 11.8 Å². The number of amides is 1. The van der Waals surface area contributed by atoms with E-state index in [1.54, 1.807) is 24.3 Å². The lowest BCUT2D eigenvalue weighted by molar-refractivity contribution is -0.116. The number of rotatable bonds is 5. The highest BCUT2D eigenvalue weighted by Crippen LogP contribution is 2.36. The van der Waals surface area contributed by atoms with Crippen molar-refractivity contribution >= 4 is 60.7 Å². The molecule has 1 N–H and O–H groups in total. The Bertz CT molecular complexity index is 1280. The van der Waals surface area contributed by atoms with Crippen LogP contribution in [0.25, 0.3) is 21.3 Å². The molecule has 0 fully saturated rings. The van der Waals surface area contributed by atoms with Crippen molar-refractivity contribution in [3.63, 3.8) is 0 Å². The van der Waals surface area contributed by atoms with Gasteiger partial charge in [-0.2, -0.15) is 0 Å². The Labute approximate surface area is 190 Å². The number of aryl methyl sites for hydroxylation is 1. The van der Waals surface area contributed by atoms with Gasteiger partial charge in [0.2, 0.25) is 5.91 Å². The molecule has 0 aliphatic heterocycles. The van der Waals surface area contributed by atoms with Crippen LogP contribution in [0.4, 0.5) is 5.69 Å². The Balaban J connectivity index is 1.71. The molecule has 1 amide bonds. The molecule has 0 bridgehead atoms. The number of hydrogen-bond donors (Lipinski definition) is 1. The minimum atomic E-state index is -0.309. The molecule has 0 saturated carbocycles. The van der Waals surface area contributed by atoms with Crippen molar-refractivity contribution in [2.75, 3.05) is 5.32 Å². The van der Waals surface area contributed by atoms with E-state index in [2.05, 4.69) is 33.2 Å². The van der Waals surface area contributed by atoms with E-state index in [9.17, 15) is 9.59 Å². The summed E-state index contributed by atoms with van der Waals surface area (Å²) in [7, 11) is 0. The van der Waals surface area contributed by atoms with Gasteiger partial charge in [0.1, 0.15) is 11.4 Å². The summed E-state index contributed by atoms with van der Waals surface area (Å²) >= 11 is 10.8. The molecule has 5 nitrogen and oxygen atoms in total. The molecule has 0 aliphatic carbocycles. The van der Waals surface area contributed by atoms with E-state index in [-0.39, 0.29) is 18.0 Å². The minimum absolute atomic E-state index is 0.124. The fourth-order valence-corrected chi connectivity index (χ4v) is 4.73. The van der Waals surface area contributed by atoms with E-state index in [1.807, 2.05) is 24.3 Å². The molecule has 0 aliphatic rings. The van der Waals surface area contributed by atoms with E-state index in [1.165, 1.54) is 22.2 Å². The van der Waals surface area contributed by atoms with E-state index in [4.69, 9.17) is 11.6 Å². The summed E-state index contributed by atoms with van der Waals surface area (Å²) in [6.45, 7) is 1.94. The van der Waals surface area contributed by atoms with Crippen molar-refractivity contribution in [1.29, 1.82) is 0 Å². The number of carbonyl (C=O) groups is 1. The molecular weight excluding hydrogens is 486 g/mol. The van der Waals surface area contributed by atoms with E-state index >= 15 is 0 Å². The Morgan fingerprint density at radius 3 is 2.53 bits per heavy atom. The standard InChI is InChI=1S/C22H17BrClN3O2S/c1-2-17-19(13-3-5-14(23)6-4-13)20-21(30-17)25-12-27(22(20)29)11-18(28)26-16-9-7-15(24)8-10-16/h3-10,12H,2,11H2,1H3,(H,26,28). The Morgan fingerprint density at radius 2 is 1.87 bits per heavy atom. The second-order valence-corrected chi connectivity index (χ2v) is 9.11. The maximum atomic E-state index is 13.3. The lowest BCUT2D eigenvalue weighted by Gasteiger charge is -2.08. The van der Waals surface area contributed by atoms with Gasteiger partial charge in [0.15, 0.2) is 0 Å². The molecule has 0 spiro atoms. The van der Waals surface area contributed by atoms with Gasteiger partial charge in [0.05, 0.1) is 11.7 Å². The van der Waals surface area contributed by atoms with Crippen molar-refractivity contribution in [1.82, 2.24) is 9.55 Å². The molecule has 30 heavy (non-hydrogen) atoms. The highest BCUT2D eigenvalue weighted by Gasteiger charge is 2.19. The Kier molecular flexibility index (Phi) is 6.04. The van der Waals surface area contributed by atoms with Crippen LogP contribution in [0.15, 0.2) is 64.1 Å². The summed E-state index contributed by atoms with van der Waals surface area (Å²) in [5.41, 5.74) is 2.25. The minimum Gasteiger partial charge on any atom is -0.325 e. The predicted molar refractivity (Wildman–Crippen MR) is 126 cm³/mol. The van der Waals surface area contributed by atoms with Gasteiger partial charge in [-0.1, -0.05) is 46.6 Å². The molecule has 0 atom stereocenters. The molecule has 2 aromatic heterocycles. The van der Waals surface area contributed by atoms with Crippen LogP contribution >= 0.6 is 38.9 Å². The van der Waals surface area contributed by atoms with E-state index < -0.39 is 0 Å². The zero-order valence-corrected chi connectivity index (χ0v) is 19.1. The van der Waals surface area contributed by atoms with Gasteiger partial charge in [-0.3, -0.25) is 14.2 Å². The second kappa shape index (κ2) is 8.71. The number of fused-ring (bicyclic) bond motifs is 1. The van der Waals surface area contributed by atoms with Gasteiger partial charge >= 0.3 is 0 Å². The van der Waals surface area contributed by atoms with Gasteiger partial charge in [-0.15, -0.1) is 11.3 Å². The number of halogens is 2. The van der Waals surface area contributed by atoms with Gasteiger partial charge in [-0.25, -0.2) is 4.98 Å². The number of thiophene rings is 1. The third-order valence-electron chi connectivity index (χ3n) is 4.65. The molecule has 152 valence electrons. The van der Waals surface area contributed by atoms with Crippen molar-refractivity contribution in [3.05, 3.63) is 79.6 Å². The fraction of sp³-hybridized carbons (Fsp3) is 0.136. The van der Waals surface area contributed by atoms with Gasteiger partial charge < -0.3 is 5.32 Å². The number of hydrogen-bond acceptors (Lipinski definition) is 4. The van der Waals surface area contributed by atoms with Gasteiger partial charge in [-0.05, 0) is 48.4 Å². The molecule has 0 radical (unpaired) electrons. The predicted octanol–water partition coefficient (Wildman–Crippen LogP) is 5.74. The number of nitrogens with one attached hydrogen (secondary N) is 1. The molecular formula is C22H17BrClN3O2S. The topological polar surface area (TPSA) is 64.0 Å². The quantitative estimate of drug-likeness (QED) is 0.378. The number of carbonyl (C=O) groups excluding carboxylic acids is 1. The maximum Gasteiger partial charge on any atom is 0.263 e. The zero-order chi connectivity index (χ0) is 21.3. The molecule has 2 aromatic carbocycles. The van der Waals surface area contributed by atoms with Crippen LogP contribution in [0, 0.1) is 0 Å². The molecule has 8 heteroatoms. The SMILES string of the molecule is CCc1sc2ncn(CC(=O)Nc3ccc(Cl)cc3)c(=O)c2c1-c1ccc(Br)cc1. The smallest absolute Gasteiger partial charge is 0.263 e. The normalized spacial score (nSPS) is 11.0. The molecule has 4 rings (SSSR count). The lowest BCUT2D eigenvalue weighted by Crippen LogP contribution is -2.27. The summed E-state index contributed by atoms with van der Waals surface area (Å²) in [4.78, 5) is 32.0. The highest BCUT2D eigenvalue weighted by molar-refractivity contribution is 9.10. The molecule has 2 heterocycles. The van der Waals surface area contributed by atoms with Crippen LogP contribution in [-0.2, 0) is 17.8 Å². The van der Waals surface area contributed by atoms with Crippen molar-refractivity contribution in [3.8, 4) is 11.1 Å². The Hall–Kier alpha value is -2.48. The van der Waals surface area contributed by atoms with E-state index in [0.29, 0.717) is 20.9 Å². The molecule has 0 saturated heterocycles. The van der Waals surface area contributed by atoms with Crippen LogP contribution in [0.3, 0.4) is 0 Å². The van der Waals surface area contributed by atoms with Crippen LogP contribution < -0.4 is 10.9 Å². The number of aromatic nitrogens is 2. The van der Waals surface area contributed by atoms with Crippen molar-refractivity contribution in [2.24, 2.45) is 0 Å². The number of anilines is 1. The largest absolute Gasteiger partial charge is 0.325 e. The zero-order valence-electron chi connectivity index (χ0n) is 16.0. The first kappa shape index (κ1) is 20.8. The summed E-state index contributed by atoms with van der Waals surface area (Å²) < 4.78 is 2.32. The van der Waals surface area contributed by atoms with Crippen LogP contribution in [0.2, 0.25) is 5.02 Å². The van der Waals surface area contributed by atoms with Gasteiger partial charge in [0.25, 0.3) is 5.56 Å². The summed E-state index contributed by atoms with van der Waals surface area (Å²) in [6.07, 6.45) is 2.23. The monoisotopic (exact) mass is 501 g/mol. The third kappa shape index (κ3) is 4.19. The van der Waals surface area contributed by atoms with E-state index in [0.717, 1.165) is 26.9 Å². The number of nitrogens with zero attached hydrogens (tertiary/aromatic N) is 2. The average Bonchev–Trinajstić information content (AvgIpc) is 3.12. The molecule has 4 aromatic rings.